The van der Waals surface area contributed by atoms with Gasteiger partial charge >= 0.3 is 5.97 Å². The van der Waals surface area contributed by atoms with Crippen molar-refractivity contribution in [1.29, 1.82) is 0 Å². The minimum atomic E-state index is -0.510. The Hall–Kier alpha value is -3.21. The number of hydrogen-bond donors (Lipinski definition) is 0. The van der Waals surface area contributed by atoms with Crippen LogP contribution in [0.4, 0.5) is 0 Å². The third-order valence-electron chi connectivity index (χ3n) is 4.69. The molecule has 5 nitrogen and oxygen atoms in total. The van der Waals surface area contributed by atoms with Crippen molar-refractivity contribution in [2.75, 3.05) is 6.61 Å². The van der Waals surface area contributed by atoms with Gasteiger partial charge in [-0.05, 0) is 23.6 Å². The number of imidazole rings is 1. The van der Waals surface area contributed by atoms with Crippen molar-refractivity contribution in [3.05, 3.63) is 77.9 Å². The highest BCUT2D eigenvalue weighted by Gasteiger charge is 2.35. The molecule has 1 unspecified atom stereocenters. The summed E-state index contributed by atoms with van der Waals surface area (Å²) in [7, 11) is 0. The Morgan fingerprint density at radius 1 is 1.15 bits per heavy atom. The van der Waals surface area contributed by atoms with Crippen LogP contribution in [-0.4, -0.2) is 27.9 Å². The van der Waals surface area contributed by atoms with E-state index >= 15 is 0 Å². The Bertz CT molecular complexity index is 976. The molecule has 3 aromatic rings. The fraction of sp³-hybridized carbons (Fsp3) is 0.190. The van der Waals surface area contributed by atoms with Gasteiger partial charge in [-0.15, -0.1) is 0 Å². The van der Waals surface area contributed by atoms with E-state index in [4.69, 9.17) is 4.74 Å². The second kappa shape index (κ2) is 6.59. The molecule has 0 aliphatic heterocycles. The topological polar surface area (TPSA) is 61.2 Å². The van der Waals surface area contributed by atoms with E-state index in [1.165, 1.54) is 6.20 Å². The molecule has 130 valence electrons. The summed E-state index contributed by atoms with van der Waals surface area (Å²) in [6, 6.07) is 15.3. The fourth-order valence-corrected chi connectivity index (χ4v) is 3.53. The molecule has 0 bridgehead atoms. The predicted molar refractivity (Wildman–Crippen MR) is 97.1 cm³/mol. The number of benzene rings is 2. The van der Waals surface area contributed by atoms with Crippen LogP contribution in [0, 0.1) is 0 Å². The second-order valence-corrected chi connectivity index (χ2v) is 6.16. The average Bonchev–Trinajstić information content (AvgIpc) is 3.27. The summed E-state index contributed by atoms with van der Waals surface area (Å²) in [6.07, 6.45) is 3.73. The number of Topliss-reactive ketones (excluding diaryl/α,β-unsaturated/α-hetero) is 1. The Morgan fingerprint density at radius 2 is 1.92 bits per heavy atom. The Kier molecular flexibility index (Phi) is 4.13. The molecule has 2 aromatic carbocycles. The molecule has 1 aliphatic carbocycles. The zero-order valence-electron chi connectivity index (χ0n) is 14.4. The van der Waals surface area contributed by atoms with Crippen LogP contribution in [0.5, 0.6) is 0 Å². The van der Waals surface area contributed by atoms with Crippen LogP contribution in [0.2, 0.25) is 0 Å². The minimum absolute atomic E-state index is 0.00123. The number of ketones is 1. The lowest BCUT2D eigenvalue weighted by atomic mass is 9.97. The Labute approximate surface area is 151 Å². The molecule has 0 N–H and O–H groups in total. The number of rotatable bonds is 4. The molecule has 4 rings (SSSR count). The lowest BCUT2D eigenvalue weighted by Gasteiger charge is -2.13. The lowest BCUT2D eigenvalue weighted by Crippen LogP contribution is -2.21. The Balaban J connectivity index is 1.74. The largest absolute Gasteiger partial charge is 0.460 e. The summed E-state index contributed by atoms with van der Waals surface area (Å²) in [5.74, 6) is -0.342. The molecule has 1 aliphatic rings. The molecule has 0 fully saturated rings. The number of hydrogen-bond acceptors (Lipinski definition) is 4. The van der Waals surface area contributed by atoms with Crippen molar-refractivity contribution >= 4 is 11.8 Å². The zero-order chi connectivity index (χ0) is 18.1. The first-order chi connectivity index (χ1) is 12.7. The molecule has 0 saturated carbocycles. The zero-order valence-corrected chi connectivity index (χ0v) is 14.4. The summed E-state index contributed by atoms with van der Waals surface area (Å²) < 4.78 is 6.69. The first-order valence-corrected chi connectivity index (χ1v) is 8.62. The standard InChI is InChI=1S/C21H18N2O3/c1-2-26-21(25)20-22-11-12-23(20)18-13-17-15(14-7-4-3-5-8-14)9-6-10-16(17)19(18)24/h3-12,18H,2,13H2,1H3. The molecule has 26 heavy (non-hydrogen) atoms. The average molecular weight is 346 g/mol. The van der Waals surface area contributed by atoms with Gasteiger partial charge in [0.25, 0.3) is 0 Å². The highest BCUT2D eigenvalue weighted by Crippen LogP contribution is 2.37. The van der Waals surface area contributed by atoms with E-state index in [1.807, 2.05) is 48.5 Å². The molecule has 1 heterocycles. The van der Waals surface area contributed by atoms with E-state index in [0.717, 1.165) is 16.7 Å². The van der Waals surface area contributed by atoms with E-state index in [-0.39, 0.29) is 18.2 Å². The molecule has 5 heteroatoms. The maximum atomic E-state index is 13.0. The maximum Gasteiger partial charge on any atom is 0.374 e. The maximum absolute atomic E-state index is 13.0. The number of aromatic nitrogens is 2. The first kappa shape index (κ1) is 16.3. The number of nitrogens with zero attached hydrogens (tertiary/aromatic N) is 2. The monoisotopic (exact) mass is 346 g/mol. The molecule has 0 spiro atoms. The first-order valence-electron chi connectivity index (χ1n) is 8.62. The number of esters is 1. The normalized spacial score (nSPS) is 15.7. The van der Waals surface area contributed by atoms with Crippen molar-refractivity contribution in [3.8, 4) is 11.1 Å². The molecule has 0 saturated heterocycles. The Morgan fingerprint density at radius 3 is 2.69 bits per heavy atom. The van der Waals surface area contributed by atoms with Crippen LogP contribution < -0.4 is 0 Å². The predicted octanol–water partition coefficient (Wildman–Crippen LogP) is 3.71. The van der Waals surface area contributed by atoms with Crippen molar-refractivity contribution in [2.24, 2.45) is 0 Å². The third kappa shape index (κ3) is 2.62. The van der Waals surface area contributed by atoms with Gasteiger partial charge in [-0.1, -0.05) is 48.5 Å². The van der Waals surface area contributed by atoms with Gasteiger partial charge in [-0.3, -0.25) is 4.79 Å². The number of ether oxygens (including phenoxy) is 1. The van der Waals surface area contributed by atoms with Crippen LogP contribution in [-0.2, 0) is 11.2 Å². The summed E-state index contributed by atoms with van der Waals surface area (Å²) >= 11 is 0. The SMILES string of the molecule is CCOC(=O)c1nccn1C1Cc2c(cccc2-c2ccccc2)C1=O. The van der Waals surface area contributed by atoms with Gasteiger partial charge < -0.3 is 9.30 Å². The molecule has 0 amide bonds. The molecule has 0 radical (unpaired) electrons. The summed E-state index contributed by atoms with van der Waals surface area (Å²) in [6.45, 7) is 2.01. The van der Waals surface area contributed by atoms with Crippen molar-refractivity contribution in [3.63, 3.8) is 0 Å². The second-order valence-electron chi connectivity index (χ2n) is 6.16. The van der Waals surface area contributed by atoms with Crippen molar-refractivity contribution in [2.45, 2.75) is 19.4 Å². The molecular weight excluding hydrogens is 328 g/mol. The van der Waals surface area contributed by atoms with E-state index < -0.39 is 12.0 Å². The minimum Gasteiger partial charge on any atom is -0.460 e. The highest BCUT2D eigenvalue weighted by atomic mass is 16.5. The summed E-state index contributed by atoms with van der Waals surface area (Å²) in [5.41, 5.74) is 3.85. The van der Waals surface area contributed by atoms with Crippen LogP contribution in [0.3, 0.4) is 0 Å². The van der Waals surface area contributed by atoms with Gasteiger partial charge in [0.05, 0.1) is 6.61 Å². The van der Waals surface area contributed by atoms with E-state index in [2.05, 4.69) is 4.98 Å². The molecule has 1 atom stereocenters. The van der Waals surface area contributed by atoms with Crippen LogP contribution in [0.25, 0.3) is 11.1 Å². The lowest BCUT2D eigenvalue weighted by molar-refractivity contribution is 0.0504. The van der Waals surface area contributed by atoms with Gasteiger partial charge in [0.15, 0.2) is 5.78 Å². The van der Waals surface area contributed by atoms with Crippen LogP contribution in [0.1, 0.15) is 39.5 Å². The van der Waals surface area contributed by atoms with E-state index in [0.29, 0.717) is 12.0 Å². The van der Waals surface area contributed by atoms with Gasteiger partial charge in [0.2, 0.25) is 5.82 Å². The van der Waals surface area contributed by atoms with Crippen molar-refractivity contribution in [1.82, 2.24) is 9.55 Å². The van der Waals surface area contributed by atoms with Gasteiger partial charge in [0.1, 0.15) is 6.04 Å². The summed E-state index contributed by atoms with van der Waals surface area (Å²) in [5, 5.41) is 0. The third-order valence-corrected chi connectivity index (χ3v) is 4.69. The van der Waals surface area contributed by atoms with Crippen LogP contribution >= 0.6 is 0 Å². The van der Waals surface area contributed by atoms with E-state index in [1.54, 1.807) is 17.7 Å². The van der Waals surface area contributed by atoms with Gasteiger partial charge in [0, 0.05) is 24.4 Å². The summed E-state index contributed by atoms with van der Waals surface area (Å²) in [4.78, 5) is 29.2. The molecule has 1 aromatic heterocycles. The van der Waals surface area contributed by atoms with Crippen LogP contribution in [0.15, 0.2) is 60.9 Å². The molecular formula is C21H18N2O3. The van der Waals surface area contributed by atoms with E-state index in [9.17, 15) is 9.59 Å². The fourth-order valence-electron chi connectivity index (χ4n) is 3.53. The smallest absolute Gasteiger partial charge is 0.374 e. The number of carbonyl (C=O) groups excluding carboxylic acids is 2. The van der Waals surface area contributed by atoms with Gasteiger partial charge in [-0.2, -0.15) is 0 Å². The number of carbonyl (C=O) groups is 2. The number of fused-ring (bicyclic) bond motifs is 1. The van der Waals surface area contributed by atoms with Gasteiger partial charge in [-0.25, -0.2) is 9.78 Å². The van der Waals surface area contributed by atoms with Crippen molar-refractivity contribution < 1.29 is 14.3 Å². The highest BCUT2D eigenvalue weighted by molar-refractivity contribution is 6.05. The quantitative estimate of drug-likeness (QED) is 0.676.